The van der Waals surface area contributed by atoms with Gasteiger partial charge in [-0.05, 0) is 37.1 Å². The number of carbonyl (C=O) groups is 1. The molecule has 2 aromatic rings. The van der Waals surface area contributed by atoms with Crippen LogP contribution in [0, 0.1) is 12.7 Å². The summed E-state index contributed by atoms with van der Waals surface area (Å²) in [4.78, 5) is 12.1. The van der Waals surface area contributed by atoms with Crippen molar-refractivity contribution in [1.29, 1.82) is 0 Å². The Hall–Kier alpha value is -1.72. The highest BCUT2D eigenvalue weighted by atomic mass is 79.9. The molecule has 0 saturated heterocycles. The van der Waals surface area contributed by atoms with Gasteiger partial charge in [-0.3, -0.25) is 4.79 Å². The number of hydrogen-bond acceptors (Lipinski definition) is 3. The smallest absolute Gasteiger partial charge is 0.176 e. The number of hydrogen-bond donors (Lipinski definition) is 0. The van der Waals surface area contributed by atoms with Gasteiger partial charge in [0.15, 0.2) is 17.3 Å². The zero-order valence-electron chi connectivity index (χ0n) is 13.7. The van der Waals surface area contributed by atoms with E-state index in [-0.39, 0.29) is 18.1 Å². The summed E-state index contributed by atoms with van der Waals surface area (Å²) >= 11 is 3.42. The van der Waals surface area contributed by atoms with Crippen LogP contribution in [-0.4, -0.2) is 30.9 Å². The molecular weight excluding hydrogens is 375 g/mol. The van der Waals surface area contributed by atoms with Crippen molar-refractivity contribution in [2.45, 2.75) is 18.2 Å². The van der Waals surface area contributed by atoms with Crippen molar-refractivity contribution in [3.63, 3.8) is 0 Å². The van der Waals surface area contributed by atoms with E-state index in [1.165, 1.54) is 12.1 Å². The molecule has 1 unspecified atom stereocenters. The first-order chi connectivity index (χ1) is 11.5. The molecule has 0 heterocycles. The molecule has 0 aromatic heterocycles. The zero-order chi connectivity index (χ0) is 17.5. The van der Waals surface area contributed by atoms with Gasteiger partial charge >= 0.3 is 0 Å². The summed E-state index contributed by atoms with van der Waals surface area (Å²) < 4.78 is 24.2. The minimum absolute atomic E-state index is 0.119. The summed E-state index contributed by atoms with van der Waals surface area (Å²) in [5.74, 6) is -0.584. The van der Waals surface area contributed by atoms with Gasteiger partial charge in [0, 0.05) is 12.7 Å². The summed E-state index contributed by atoms with van der Waals surface area (Å²) in [6.07, 6.45) is 0.550. The van der Waals surface area contributed by atoms with E-state index in [0.29, 0.717) is 18.6 Å². The molecule has 0 bridgehead atoms. The van der Waals surface area contributed by atoms with Crippen molar-refractivity contribution in [1.82, 2.24) is 0 Å². The maximum Gasteiger partial charge on any atom is 0.176 e. The first-order valence-electron chi connectivity index (χ1n) is 7.66. The van der Waals surface area contributed by atoms with Gasteiger partial charge in [0.1, 0.15) is 6.61 Å². The van der Waals surface area contributed by atoms with Crippen molar-refractivity contribution >= 4 is 21.7 Å². The first-order valence-corrected chi connectivity index (χ1v) is 8.58. The maximum absolute atomic E-state index is 14.0. The topological polar surface area (TPSA) is 35.5 Å². The lowest BCUT2D eigenvalue weighted by atomic mass is 10.0. The van der Waals surface area contributed by atoms with Crippen molar-refractivity contribution in [3.05, 3.63) is 65.0 Å². The fourth-order valence-corrected chi connectivity index (χ4v) is 2.96. The van der Waals surface area contributed by atoms with Crippen LogP contribution >= 0.6 is 15.9 Å². The number of aryl methyl sites for hydroxylation is 1. The molecule has 0 amide bonds. The highest BCUT2D eigenvalue weighted by molar-refractivity contribution is 9.10. The standard InChI is InChI=1S/C19H20BrFO3/c1-13-4-3-5-14(10-13)11-16(20)19(22)15-6-7-18(17(21)12-15)24-9-8-23-2/h3-7,10,12,16H,8-9,11H2,1-2H3. The zero-order valence-corrected chi connectivity index (χ0v) is 15.3. The van der Waals surface area contributed by atoms with E-state index in [9.17, 15) is 9.18 Å². The van der Waals surface area contributed by atoms with Gasteiger partial charge < -0.3 is 9.47 Å². The van der Waals surface area contributed by atoms with Gasteiger partial charge in [-0.25, -0.2) is 4.39 Å². The van der Waals surface area contributed by atoms with Gasteiger partial charge in [0.05, 0.1) is 11.4 Å². The molecule has 2 rings (SSSR count). The van der Waals surface area contributed by atoms with Crippen molar-refractivity contribution in [3.8, 4) is 5.75 Å². The second kappa shape index (κ2) is 8.94. The summed E-state index contributed by atoms with van der Waals surface area (Å²) in [5.41, 5.74) is 2.52. The predicted octanol–water partition coefficient (Wildman–Crippen LogP) is 4.35. The number of alkyl halides is 1. The van der Waals surface area contributed by atoms with Gasteiger partial charge in [-0.2, -0.15) is 0 Å². The maximum atomic E-state index is 14.0. The van der Waals surface area contributed by atoms with E-state index >= 15 is 0 Å². The third-order valence-corrected chi connectivity index (χ3v) is 4.28. The molecule has 0 aliphatic rings. The minimum atomic E-state index is -0.549. The van der Waals surface area contributed by atoms with Crippen LogP contribution in [0.15, 0.2) is 42.5 Å². The molecule has 0 aliphatic carbocycles. The second-order valence-electron chi connectivity index (χ2n) is 5.51. The highest BCUT2D eigenvalue weighted by Gasteiger charge is 2.19. The van der Waals surface area contributed by atoms with E-state index in [1.807, 2.05) is 31.2 Å². The normalized spacial score (nSPS) is 12.0. The number of methoxy groups -OCH3 is 1. The average molecular weight is 395 g/mol. The fraction of sp³-hybridized carbons (Fsp3) is 0.316. The third-order valence-electron chi connectivity index (χ3n) is 3.54. The molecule has 128 valence electrons. The molecule has 1 atom stereocenters. The summed E-state index contributed by atoms with van der Waals surface area (Å²) in [6.45, 7) is 2.64. The van der Waals surface area contributed by atoms with Gasteiger partial charge in [-0.1, -0.05) is 45.8 Å². The van der Waals surface area contributed by atoms with Crippen LogP contribution < -0.4 is 4.74 Å². The lowest BCUT2D eigenvalue weighted by Gasteiger charge is -2.11. The van der Waals surface area contributed by atoms with Crippen LogP contribution in [-0.2, 0) is 11.2 Å². The Labute approximate surface area is 149 Å². The Morgan fingerprint density at radius 1 is 1.21 bits per heavy atom. The minimum Gasteiger partial charge on any atom is -0.488 e. The molecule has 24 heavy (non-hydrogen) atoms. The van der Waals surface area contributed by atoms with Crippen LogP contribution in [0.1, 0.15) is 21.5 Å². The Bertz CT molecular complexity index is 703. The monoisotopic (exact) mass is 394 g/mol. The number of rotatable bonds is 8. The fourth-order valence-electron chi connectivity index (χ4n) is 2.33. The molecule has 0 aliphatic heterocycles. The van der Waals surface area contributed by atoms with Gasteiger partial charge in [-0.15, -0.1) is 0 Å². The Balaban J connectivity index is 2.04. The Kier molecular flexibility index (Phi) is 6.94. The van der Waals surface area contributed by atoms with Crippen LogP contribution in [0.3, 0.4) is 0 Å². The highest BCUT2D eigenvalue weighted by Crippen LogP contribution is 2.22. The molecule has 0 saturated carbocycles. The number of ether oxygens (including phenoxy) is 2. The van der Waals surface area contributed by atoms with Crippen LogP contribution in [0.5, 0.6) is 5.75 Å². The Morgan fingerprint density at radius 2 is 2.00 bits per heavy atom. The molecule has 3 nitrogen and oxygen atoms in total. The molecule has 0 fully saturated rings. The molecular formula is C19H20BrFO3. The van der Waals surface area contributed by atoms with Crippen molar-refractivity contribution < 1.29 is 18.7 Å². The lowest BCUT2D eigenvalue weighted by molar-refractivity contribution is 0.0990. The third kappa shape index (κ3) is 5.14. The molecule has 0 radical (unpaired) electrons. The van der Waals surface area contributed by atoms with Crippen LogP contribution in [0.2, 0.25) is 0 Å². The molecule has 2 aromatic carbocycles. The quantitative estimate of drug-likeness (QED) is 0.379. The van der Waals surface area contributed by atoms with Crippen LogP contribution in [0.25, 0.3) is 0 Å². The number of benzene rings is 2. The lowest BCUT2D eigenvalue weighted by Crippen LogP contribution is -2.17. The van der Waals surface area contributed by atoms with Crippen molar-refractivity contribution in [2.75, 3.05) is 20.3 Å². The summed E-state index contributed by atoms with van der Waals surface area (Å²) in [5, 5.41) is 0. The second-order valence-corrected chi connectivity index (χ2v) is 6.62. The number of ketones is 1. The first kappa shape index (κ1) is 18.6. The SMILES string of the molecule is COCCOc1ccc(C(=O)C(Br)Cc2cccc(C)c2)cc1F. The van der Waals surface area contributed by atoms with E-state index in [1.54, 1.807) is 13.2 Å². The van der Waals surface area contributed by atoms with E-state index in [0.717, 1.165) is 11.1 Å². The van der Waals surface area contributed by atoms with E-state index in [2.05, 4.69) is 15.9 Å². The largest absolute Gasteiger partial charge is 0.488 e. The van der Waals surface area contributed by atoms with Gasteiger partial charge in [0.2, 0.25) is 0 Å². The molecule has 0 N–H and O–H groups in total. The predicted molar refractivity (Wildman–Crippen MR) is 95.7 cm³/mol. The number of carbonyl (C=O) groups excluding carboxylic acids is 1. The van der Waals surface area contributed by atoms with E-state index < -0.39 is 10.6 Å². The van der Waals surface area contributed by atoms with E-state index in [4.69, 9.17) is 9.47 Å². The van der Waals surface area contributed by atoms with Crippen molar-refractivity contribution in [2.24, 2.45) is 0 Å². The Morgan fingerprint density at radius 3 is 2.67 bits per heavy atom. The molecule has 5 heteroatoms. The summed E-state index contributed by atoms with van der Waals surface area (Å²) in [6, 6.07) is 12.3. The van der Waals surface area contributed by atoms with Crippen LogP contribution in [0.4, 0.5) is 4.39 Å². The van der Waals surface area contributed by atoms with Gasteiger partial charge in [0.25, 0.3) is 0 Å². The number of Topliss-reactive ketones (excluding diaryl/α,β-unsaturated/α-hetero) is 1. The number of halogens is 2. The molecule has 0 spiro atoms. The summed E-state index contributed by atoms with van der Waals surface area (Å²) in [7, 11) is 1.55. The average Bonchev–Trinajstić information content (AvgIpc) is 2.55.